The summed E-state index contributed by atoms with van der Waals surface area (Å²) in [5.41, 5.74) is 30.2. The van der Waals surface area contributed by atoms with Gasteiger partial charge >= 0.3 is 29.6 Å². The van der Waals surface area contributed by atoms with Gasteiger partial charge < -0.3 is 64.8 Å². The zero-order chi connectivity index (χ0) is 29.5. The maximum atomic E-state index is 9.00. The molecule has 0 aliphatic heterocycles. The van der Waals surface area contributed by atoms with Crippen LogP contribution >= 0.6 is 12.4 Å². The fraction of sp³-hybridized carbons (Fsp3) is 0.500. The average Bonchev–Trinajstić information content (AvgIpc) is 2.59. The van der Waals surface area contributed by atoms with Crippen LogP contribution in [0.25, 0.3) is 0 Å². The minimum Gasteiger partial charge on any atom is -0.870 e. The third-order valence-electron chi connectivity index (χ3n) is 2.01. The summed E-state index contributed by atoms with van der Waals surface area (Å²) in [5.74, 6) is -1.78. The van der Waals surface area contributed by atoms with E-state index in [1.807, 2.05) is 0 Å². The van der Waals surface area contributed by atoms with E-state index in [1.54, 1.807) is 47.2 Å². The van der Waals surface area contributed by atoms with E-state index in [4.69, 9.17) is 70.4 Å². The molecule has 38 heavy (non-hydrogen) atoms. The molecule has 0 heterocycles. The van der Waals surface area contributed by atoms with Crippen LogP contribution in [0.15, 0.2) is 15.0 Å². The van der Waals surface area contributed by atoms with Crippen molar-refractivity contribution in [3.8, 4) is 0 Å². The van der Waals surface area contributed by atoms with E-state index in [1.165, 1.54) is 9.80 Å². The first-order chi connectivity index (χ1) is 15.6. The topological polar surface area (TPSA) is 379 Å². The summed E-state index contributed by atoms with van der Waals surface area (Å²) in [5, 5.41) is 35.6. The molecule has 0 fully saturated rings. The summed E-state index contributed by atoms with van der Waals surface area (Å²) >= 11 is 0. The fourth-order valence-corrected chi connectivity index (χ4v) is 0.668. The summed E-state index contributed by atoms with van der Waals surface area (Å²) in [6.45, 7) is 2.17. The Bertz CT molecular complexity index is 712. The van der Waals surface area contributed by atoms with Crippen LogP contribution in [0.1, 0.15) is 13.8 Å². The third kappa shape index (κ3) is 76.8. The van der Waals surface area contributed by atoms with Gasteiger partial charge in [0, 0.05) is 56.1 Å². The normalized spacial score (nSPS) is 7.84. The van der Waals surface area contributed by atoms with Crippen molar-refractivity contribution in [2.24, 2.45) is 49.4 Å². The van der Waals surface area contributed by atoms with E-state index in [0.29, 0.717) is 0 Å². The van der Waals surface area contributed by atoms with Gasteiger partial charge in [-0.25, -0.2) is 0 Å². The molecule has 20 nitrogen and oxygen atoms in total. The minimum absolute atomic E-state index is 0. The van der Waals surface area contributed by atoms with E-state index < -0.39 is 11.9 Å². The average molecular weight is 584 g/mol. The maximum Gasteiger partial charge on any atom is 1.00 e. The van der Waals surface area contributed by atoms with E-state index in [0.717, 1.165) is 13.8 Å². The van der Waals surface area contributed by atoms with Gasteiger partial charge in [0.05, 0.1) is 0 Å². The van der Waals surface area contributed by atoms with Crippen LogP contribution in [0.3, 0.4) is 0 Å². The molecular formula is C16H43ClN15NaO5. The standard InChI is InChI=1S/3C4H11N5.2C2H4O2.ClH.Na.H2O/c3*1-9(2)4(7)8-3(5)6;2*1-2(3)4;;;/h3*1-2H3,(H5,5,6,7,8);2*1H3,(H,3,4);1H;;1H2/q;;;;;;+1;/p-1. The largest absolute Gasteiger partial charge is 1.00 e. The molecule has 0 saturated heterocycles. The second-order valence-corrected chi connectivity index (χ2v) is 6.30. The zero-order valence-electron chi connectivity index (χ0n) is 23.2. The second kappa shape index (κ2) is 33.4. The molecule has 0 bridgehead atoms. The molecule has 220 valence electrons. The number of rotatable bonds is 0. The number of hydrogen-bond acceptors (Lipinski definition) is 6. The first-order valence-electron chi connectivity index (χ1n) is 9.03. The Kier molecular flexibility index (Phi) is 48.4. The molecule has 0 spiro atoms. The van der Waals surface area contributed by atoms with Gasteiger partial charge in [-0.15, -0.1) is 12.4 Å². The molecule has 18 N–H and O–H groups in total. The molecule has 0 atom stereocenters. The van der Waals surface area contributed by atoms with Gasteiger partial charge in [-0.1, -0.05) is 0 Å². The molecule has 0 amide bonds. The van der Waals surface area contributed by atoms with Gasteiger partial charge in [0.15, 0.2) is 17.9 Å². The number of carboxylic acid groups (broad SMARTS) is 2. The second-order valence-electron chi connectivity index (χ2n) is 6.30. The number of halogens is 1. The van der Waals surface area contributed by atoms with Gasteiger partial charge in [0.1, 0.15) is 0 Å². The number of carboxylic acids is 2. The summed E-state index contributed by atoms with van der Waals surface area (Å²) in [7, 11) is 10.2. The number of carbonyl (C=O) groups is 2. The van der Waals surface area contributed by atoms with Crippen molar-refractivity contribution in [1.82, 2.24) is 14.7 Å². The van der Waals surface area contributed by atoms with Crippen LogP contribution < -0.4 is 64.0 Å². The number of nitrogens with zero attached hydrogens (tertiary/aromatic N) is 6. The Morgan fingerprint density at radius 1 is 0.632 bits per heavy atom. The third-order valence-corrected chi connectivity index (χ3v) is 2.01. The molecule has 0 rings (SSSR count). The Labute approximate surface area is 250 Å². The van der Waals surface area contributed by atoms with Gasteiger partial charge in [0.2, 0.25) is 17.9 Å². The van der Waals surface area contributed by atoms with Crippen molar-refractivity contribution in [3.63, 3.8) is 0 Å². The molecule has 0 saturated carbocycles. The Morgan fingerprint density at radius 2 is 0.842 bits per heavy atom. The molecular weight excluding hydrogens is 541 g/mol. The first-order valence-corrected chi connectivity index (χ1v) is 9.03. The smallest absolute Gasteiger partial charge is 0.870 e. The summed E-state index contributed by atoms with van der Waals surface area (Å²) in [6.07, 6.45) is 0. The molecule has 0 unspecified atom stereocenters. The van der Waals surface area contributed by atoms with Crippen molar-refractivity contribution < 1.29 is 54.8 Å². The predicted molar refractivity (Wildman–Crippen MR) is 147 cm³/mol. The van der Waals surface area contributed by atoms with E-state index in [2.05, 4.69) is 15.0 Å². The van der Waals surface area contributed by atoms with Crippen molar-refractivity contribution >= 4 is 60.1 Å². The Morgan fingerprint density at radius 3 is 0.895 bits per heavy atom. The number of guanidine groups is 6. The van der Waals surface area contributed by atoms with Crippen molar-refractivity contribution in [2.75, 3.05) is 42.3 Å². The zero-order valence-corrected chi connectivity index (χ0v) is 26.0. The molecule has 0 radical (unpaired) electrons. The van der Waals surface area contributed by atoms with Crippen LogP contribution in [0, 0.1) is 16.2 Å². The van der Waals surface area contributed by atoms with E-state index in [9.17, 15) is 0 Å². The monoisotopic (exact) mass is 583 g/mol. The van der Waals surface area contributed by atoms with Gasteiger partial charge in [0.25, 0.3) is 11.9 Å². The SMILES string of the molecule is CC(=O)O.CC(=O)O.CN(C)C(=N)N=C(N)N.CN(C)C(=N)N=C(N)N.CN(C)C(N)=NC(=N)N.Cl.[Na+].[OH-]. The van der Waals surface area contributed by atoms with Crippen molar-refractivity contribution in [3.05, 3.63) is 0 Å². The number of hydrogen-bond donors (Lipinski definition) is 11. The summed E-state index contributed by atoms with van der Waals surface area (Å²) in [4.78, 5) is 32.9. The first kappa shape index (κ1) is 55.1. The van der Waals surface area contributed by atoms with Gasteiger partial charge in [-0.05, 0) is 0 Å². The quantitative estimate of drug-likeness (QED) is 0.0717. The van der Waals surface area contributed by atoms with Crippen LogP contribution in [0.5, 0.6) is 0 Å². The summed E-state index contributed by atoms with van der Waals surface area (Å²) in [6, 6.07) is 0. The molecule has 0 aromatic heterocycles. The molecule has 0 aromatic rings. The number of nitrogens with two attached hydrogens (primary N) is 6. The summed E-state index contributed by atoms with van der Waals surface area (Å²) < 4.78 is 0. The van der Waals surface area contributed by atoms with Crippen LogP contribution in [-0.4, -0.2) is 120 Å². The fourth-order valence-electron chi connectivity index (χ4n) is 0.668. The number of aliphatic carboxylic acids is 2. The molecule has 0 aliphatic carbocycles. The molecule has 22 heteroatoms. The van der Waals surface area contributed by atoms with Crippen molar-refractivity contribution in [2.45, 2.75) is 13.8 Å². The minimum atomic E-state index is -0.833. The van der Waals surface area contributed by atoms with E-state index >= 15 is 0 Å². The van der Waals surface area contributed by atoms with Crippen LogP contribution in [-0.2, 0) is 9.59 Å². The predicted octanol–water partition coefficient (Wildman–Crippen LogP) is -6.30. The van der Waals surface area contributed by atoms with Gasteiger partial charge in [-0.3, -0.25) is 25.8 Å². The maximum absolute atomic E-state index is 9.00. The van der Waals surface area contributed by atoms with E-state index in [-0.39, 0.29) is 83.2 Å². The van der Waals surface area contributed by atoms with Crippen LogP contribution in [0.4, 0.5) is 0 Å². The Hall–Kier alpha value is -3.59. The van der Waals surface area contributed by atoms with Gasteiger partial charge in [-0.2, -0.15) is 15.0 Å². The number of aliphatic imine (C=N–C) groups is 3. The molecule has 0 aromatic carbocycles. The Balaban J connectivity index is -0.0000000502. The van der Waals surface area contributed by atoms with Crippen LogP contribution in [0.2, 0.25) is 0 Å². The van der Waals surface area contributed by atoms with Crippen molar-refractivity contribution in [1.29, 1.82) is 16.2 Å². The number of nitrogens with one attached hydrogen (secondary N) is 3. The molecule has 0 aliphatic rings.